The topological polar surface area (TPSA) is 39.4 Å². The van der Waals surface area contributed by atoms with E-state index in [-0.39, 0.29) is 124 Å². The standard InChI is InChI=1S/3C44H28O/c1-4-14-29(15-5-1)33-25-26-34(30-16-6-2-7-17-30)44-43(33)39-28-32(24-27-40(39)45-44)42-37-22-12-10-20-35(37)41(31-18-8-3-9-19-31)36-21-11-13-23-38(36)42;1-4-14-29(15-5-1)33-25-26-38-39-28-32(24-27-40(39)45-44(38)43(33)31-18-8-3-9-19-31)42-36-22-12-10-20-34(36)41(30-16-6-2-7-17-30)35-21-11-13-23-37(35)42;1-4-14-29(15-5-1)33-27-38(30-16-6-2-7-17-30)44-39-26-32(24-25-40(39)45-41(44)28-33)43-36-22-12-10-20-34(36)42(31-18-8-3-9-19-31)35-21-11-13-23-37(35)43/h3*1-28H/i2*10D,11D,12D,13D,20D,21D,22D,23D;3D,8D,9D,10D,11D,12D,13D,18D,19D,20D,21D,22D,23D. The molecule has 3 heterocycles. The fraction of sp³-hybridized carbons (Fsp3) is 0. The highest BCUT2D eigenvalue weighted by Crippen LogP contribution is 2.53. The Hall–Kier alpha value is -17.8. The average molecular weight is 1750 g/mol. The van der Waals surface area contributed by atoms with Gasteiger partial charge in [0.1, 0.15) is 33.5 Å². The first-order valence-corrected chi connectivity index (χ1v) is 44.0. The molecule has 0 unspecified atom stereocenters. The van der Waals surface area contributed by atoms with Gasteiger partial charge in [-0.1, -0.05) is 448 Å². The third-order valence-electron chi connectivity index (χ3n) is 25.2. The molecule has 0 radical (unpaired) electrons. The Kier molecular flexibility index (Phi) is 13.7. The number of benzene rings is 24. The Morgan fingerprint density at radius 3 is 0.815 bits per heavy atom. The summed E-state index contributed by atoms with van der Waals surface area (Å²) in [6.07, 6.45) is 0. The molecule has 0 N–H and O–H groups in total. The first-order valence-electron chi connectivity index (χ1n) is 58.5. The number of fused-ring (bicyclic) bond motifs is 15. The van der Waals surface area contributed by atoms with Crippen molar-refractivity contribution in [2.24, 2.45) is 0 Å². The van der Waals surface area contributed by atoms with Gasteiger partial charge in [-0.2, -0.15) is 0 Å². The zero-order valence-corrected chi connectivity index (χ0v) is 71.5. The average Bonchev–Trinajstić information content (AvgIpc) is 0.774. The Morgan fingerprint density at radius 1 is 0.133 bits per heavy atom. The van der Waals surface area contributed by atoms with Gasteiger partial charge in [0.05, 0.1) is 39.8 Å². The highest BCUT2D eigenvalue weighted by molar-refractivity contribution is 6.27. The van der Waals surface area contributed by atoms with Crippen LogP contribution in [0.5, 0.6) is 0 Å². The molecular weight excluding hydrogens is 1630 g/mol. The van der Waals surface area contributed by atoms with E-state index in [1.165, 1.54) is 0 Å². The van der Waals surface area contributed by atoms with E-state index in [1.807, 2.05) is 218 Å². The van der Waals surface area contributed by atoms with Crippen LogP contribution in [0.3, 0.4) is 0 Å². The molecule has 0 fully saturated rings. The molecule has 0 atom stereocenters. The fourth-order valence-corrected chi connectivity index (χ4v) is 19.3. The molecule has 27 rings (SSSR count). The third-order valence-corrected chi connectivity index (χ3v) is 25.2. The summed E-state index contributed by atoms with van der Waals surface area (Å²) in [5, 5.41) is 5.20. The first kappa shape index (κ1) is 54.7. The SMILES string of the molecule is [2H]c1c([2H])c([2H])c(-c2c3c([2H])c([2H])c([2H])c([2H])c3c(-c3ccc4oc5cc(-c6ccccc6)cc(-c6ccccc6)c5c4c3)c3c([2H])c([2H])c([2H])c([2H])c23)c([2H])c1[2H].[2H]c1c([2H])c([2H])c2c(-c3ccc4oc5c(-c6ccccc6)c(-c6ccccc6)ccc5c4c3)c3c([2H])c([2H])c([2H])c([2H])c3c(-c3ccccc3)c2c1[2H].[2H]c1c([2H])c([2H])c2c(-c3ccc4oc5c(-c6ccccc6)ccc(-c6ccccc6)c5c4c3)c3c([2H])c([2H])c([2H])c([2H])c3c(-c3ccccc3)c2c1[2H]. The summed E-state index contributed by atoms with van der Waals surface area (Å²) in [6, 6.07) is 92.0. The molecule has 630 valence electrons. The molecular formula is C132H84O3. The molecule has 3 nitrogen and oxygen atoms in total. The number of rotatable bonds is 12. The highest BCUT2D eigenvalue weighted by atomic mass is 16.3. The second kappa shape index (κ2) is 33.9. The zero-order chi connectivity index (χ0) is 114. The predicted octanol–water partition coefficient (Wildman–Crippen LogP) is 37.7. The monoisotopic (exact) mass is 1750 g/mol. The Labute approximate surface area is 822 Å². The van der Waals surface area contributed by atoms with Gasteiger partial charge in [-0.25, -0.2) is 0 Å². The van der Waals surface area contributed by atoms with Crippen molar-refractivity contribution in [3.63, 3.8) is 0 Å². The Balaban J connectivity index is 0.000000124. The van der Waals surface area contributed by atoms with Crippen molar-refractivity contribution in [3.8, 4) is 134 Å². The van der Waals surface area contributed by atoms with Crippen molar-refractivity contribution in [2.45, 2.75) is 0 Å². The molecule has 3 heteroatoms. The van der Waals surface area contributed by atoms with Crippen LogP contribution in [0.25, 0.3) is 264 Å². The van der Waals surface area contributed by atoms with Gasteiger partial charge in [-0.3, -0.25) is 0 Å². The summed E-state index contributed by atoms with van der Waals surface area (Å²) in [4.78, 5) is 0. The largest absolute Gasteiger partial charge is 0.456 e. The van der Waals surface area contributed by atoms with E-state index in [0.29, 0.717) is 89.0 Å². The van der Waals surface area contributed by atoms with Crippen LogP contribution < -0.4 is 0 Å². The van der Waals surface area contributed by atoms with E-state index in [2.05, 4.69) is 36.4 Å². The van der Waals surface area contributed by atoms with Crippen molar-refractivity contribution in [3.05, 3.63) is 509 Å². The van der Waals surface area contributed by atoms with Gasteiger partial charge >= 0.3 is 0 Å². The minimum Gasteiger partial charge on any atom is -0.456 e. The maximum atomic E-state index is 9.31. The predicted molar refractivity (Wildman–Crippen MR) is 571 cm³/mol. The lowest BCUT2D eigenvalue weighted by atomic mass is 9.85. The van der Waals surface area contributed by atoms with Crippen molar-refractivity contribution in [1.82, 2.24) is 0 Å². The van der Waals surface area contributed by atoms with Gasteiger partial charge < -0.3 is 13.3 Å². The normalized spacial score (nSPS) is 14.6. The van der Waals surface area contributed by atoms with E-state index < -0.39 is 132 Å². The summed E-state index contributed by atoms with van der Waals surface area (Å²) in [5.41, 5.74) is 18.1. The molecule has 3 aromatic heterocycles. The van der Waals surface area contributed by atoms with E-state index in [4.69, 9.17) is 36.6 Å². The molecule has 0 aliphatic carbocycles. The number of furan rings is 3. The summed E-state index contributed by atoms with van der Waals surface area (Å²) < 4.78 is 279. The van der Waals surface area contributed by atoms with Crippen molar-refractivity contribution in [2.75, 3.05) is 0 Å². The van der Waals surface area contributed by atoms with Gasteiger partial charge in [0.25, 0.3) is 0 Å². The van der Waals surface area contributed by atoms with Crippen LogP contribution in [0.4, 0.5) is 0 Å². The molecule has 0 aliphatic heterocycles. The van der Waals surface area contributed by atoms with Crippen LogP contribution in [-0.2, 0) is 0 Å². The smallest absolute Gasteiger partial charge is 0.143 e. The van der Waals surface area contributed by atoms with Crippen LogP contribution in [0.2, 0.25) is 0 Å². The maximum Gasteiger partial charge on any atom is 0.143 e. The van der Waals surface area contributed by atoms with Gasteiger partial charge in [0, 0.05) is 43.4 Å². The minimum atomic E-state index is -0.718. The van der Waals surface area contributed by atoms with Crippen LogP contribution in [0.15, 0.2) is 522 Å². The molecule has 0 aliphatic rings. The van der Waals surface area contributed by atoms with Crippen LogP contribution in [-0.4, -0.2) is 0 Å². The fourth-order valence-electron chi connectivity index (χ4n) is 19.3. The molecule has 24 aromatic carbocycles. The summed E-state index contributed by atoms with van der Waals surface area (Å²) in [7, 11) is 0. The summed E-state index contributed by atoms with van der Waals surface area (Å²) in [6.45, 7) is 0. The van der Waals surface area contributed by atoms with Crippen LogP contribution in [0, 0.1) is 0 Å². The lowest BCUT2D eigenvalue weighted by Gasteiger charge is -2.17. The van der Waals surface area contributed by atoms with E-state index in [9.17, 15) is 16.4 Å². The minimum absolute atomic E-state index is 0.0542. The van der Waals surface area contributed by atoms with Gasteiger partial charge in [0.15, 0.2) is 0 Å². The van der Waals surface area contributed by atoms with Crippen LogP contribution >= 0.6 is 0 Å². The van der Waals surface area contributed by atoms with Crippen molar-refractivity contribution < 1.29 is 53.0 Å². The quantitative estimate of drug-likeness (QED) is 0.114. The summed E-state index contributed by atoms with van der Waals surface area (Å²) in [5.74, 6) is 0. The van der Waals surface area contributed by atoms with Crippen molar-refractivity contribution in [1.29, 1.82) is 0 Å². The van der Waals surface area contributed by atoms with E-state index >= 15 is 0 Å². The van der Waals surface area contributed by atoms with Crippen molar-refractivity contribution >= 4 is 130 Å². The first-order chi connectivity index (χ1) is 79.1. The lowest BCUT2D eigenvalue weighted by molar-refractivity contribution is 0.669. The molecule has 0 amide bonds. The molecule has 0 bridgehead atoms. The molecule has 0 saturated heterocycles. The second-order valence-electron chi connectivity index (χ2n) is 32.7. The summed E-state index contributed by atoms with van der Waals surface area (Å²) >= 11 is 0. The highest BCUT2D eigenvalue weighted by Gasteiger charge is 2.27. The second-order valence-corrected chi connectivity index (χ2v) is 32.7. The number of hydrogen-bond acceptors (Lipinski definition) is 3. The van der Waals surface area contributed by atoms with Gasteiger partial charge in [-0.15, -0.1) is 0 Å². The lowest BCUT2D eigenvalue weighted by Crippen LogP contribution is -1.90. The number of hydrogen-bond donors (Lipinski definition) is 0. The molecule has 135 heavy (non-hydrogen) atoms. The van der Waals surface area contributed by atoms with Gasteiger partial charge in [0.2, 0.25) is 0 Å². The Bertz CT molecular complexity index is 10900. The van der Waals surface area contributed by atoms with E-state index in [0.717, 1.165) is 93.7 Å². The zero-order valence-electron chi connectivity index (χ0n) is 100. The van der Waals surface area contributed by atoms with E-state index in [1.54, 1.807) is 78.9 Å². The molecule has 0 spiro atoms. The maximum absolute atomic E-state index is 9.31. The van der Waals surface area contributed by atoms with Crippen LogP contribution in [0.1, 0.15) is 39.8 Å². The Morgan fingerprint density at radius 2 is 0.415 bits per heavy atom. The third kappa shape index (κ3) is 14.0. The molecule has 27 aromatic rings. The molecule has 0 saturated carbocycles. The van der Waals surface area contributed by atoms with Gasteiger partial charge in [-0.05, 0) is 248 Å².